The molecule has 1 aromatic carbocycles. The number of allylic oxidation sites excluding steroid dienone is 1. The van der Waals surface area contributed by atoms with E-state index in [2.05, 4.69) is 11.7 Å². The Kier molecular flexibility index (Phi) is 3.73. The summed E-state index contributed by atoms with van der Waals surface area (Å²) < 4.78 is 5.07. The van der Waals surface area contributed by atoms with Crippen LogP contribution < -0.4 is 4.74 Å². The Labute approximate surface area is 83.3 Å². The van der Waals surface area contributed by atoms with E-state index in [0.29, 0.717) is 12.1 Å². The van der Waals surface area contributed by atoms with Crippen LogP contribution in [-0.4, -0.2) is 18.0 Å². The molecule has 0 fully saturated rings. The molecule has 0 aliphatic carbocycles. The van der Waals surface area contributed by atoms with Crippen LogP contribution >= 0.6 is 0 Å². The Morgan fingerprint density at radius 3 is 3.00 bits per heavy atom. The first-order valence-corrected chi connectivity index (χ1v) is 4.28. The molecule has 0 aliphatic rings. The van der Waals surface area contributed by atoms with Crippen molar-refractivity contribution in [3.8, 4) is 5.75 Å². The van der Waals surface area contributed by atoms with Gasteiger partial charge in [-0.05, 0) is 12.1 Å². The molecular weight excluding hydrogens is 178 g/mol. The van der Waals surface area contributed by atoms with E-state index in [-0.39, 0.29) is 0 Å². The van der Waals surface area contributed by atoms with Crippen molar-refractivity contribution in [3.05, 3.63) is 42.5 Å². The van der Waals surface area contributed by atoms with Crippen molar-refractivity contribution in [1.82, 2.24) is 0 Å². The minimum absolute atomic E-state index is 0.531. The molecule has 0 radical (unpaired) electrons. The maximum absolute atomic E-state index is 8.77. The molecule has 1 aromatic rings. The maximum atomic E-state index is 8.77. The third kappa shape index (κ3) is 2.36. The Hall–Kier alpha value is -1.77. The van der Waals surface area contributed by atoms with Gasteiger partial charge in [-0.15, -0.1) is 6.58 Å². The Bertz CT molecular complexity index is 345. The van der Waals surface area contributed by atoms with E-state index in [1.54, 1.807) is 13.2 Å². The van der Waals surface area contributed by atoms with Crippen LogP contribution in [-0.2, 0) is 0 Å². The normalized spacial score (nSPS) is 11.1. The Morgan fingerprint density at radius 2 is 2.43 bits per heavy atom. The lowest BCUT2D eigenvalue weighted by atomic mass is 10.1. The molecule has 0 amide bonds. The summed E-state index contributed by atoms with van der Waals surface area (Å²) in [4.78, 5) is 0. The summed E-state index contributed by atoms with van der Waals surface area (Å²) in [5, 5.41) is 12.0. The molecule has 0 bridgehead atoms. The molecule has 0 saturated carbocycles. The number of nitrogens with zero attached hydrogens (tertiary/aromatic N) is 1. The van der Waals surface area contributed by atoms with E-state index in [9.17, 15) is 0 Å². The quantitative estimate of drug-likeness (QED) is 0.344. The molecular formula is C11H13NO2. The van der Waals surface area contributed by atoms with E-state index >= 15 is 0 Å². The third-order valence-electron chi connectivity index (χ3n) is 1.86. The predicted octanol–water partition coefficient (Wildman–Crippen LogP) is 2.45. The monoisotopic (exact) mass is 191 g/mol. The minimum atomic E-state index is 0.531. The van der Waals surface area contributed by atoms with Crippen LogP contribution in [0.1, 0.15) is 12.0 Å². The van der Waals surface area contributed by atoms with Gasteiger partial charge in [0.1, 0.15) is 5.75 Å². The molecule has 14 heavy (non-hydrogen) atoms. The number of methoxy groups -OCH3 is 1. The molecule has 1 N–H and O–H groups in total. The van der Waals surface area contributed by atoms with Crippen LogP contribution in [0, 0.1) is 0 Å². The maximum Gasteiger partial charge on any atom is 0.119 e. The fraction of sp³-hybridized carbons (Fsp3) is 0.182. The van der Waals surface area contributed by atoms with Crippen LogP contribution in [0.15, 0.2) is 42.1 Å². The average molecular weight is 191 g/mol. The van der Waals surface area contributed by atoms with Gasteiger partial charge in [-0.1, -0.05) is 23.4 Å². The van der Waals surface area contributed by atoms with Gasteiger partial charge < -0.3 is 9.94 Å². The minimum Gasteiger partial charge on any atom is -0.497 e. The molecule has 1 rings (SSSR count). The van der Waals surface area contributed by atoms with Gasteiger partial charge in [0, 0.05) is 12.0 Å². The molecule has 0 aliphatic heterocycles. The Morgan fingerprint density at radius 1 is 1.64 bits per heavy atom. The smallest absolute Gasteiger partial charge is 0.119 e. The Balaban J connectivity index is 2.98. The zero-order valence-corrected chi connectivity index (χ0v) is 8.10. The van der Waals surface area contributed by atoms with Crippen molar-refractivity contribution in [1.29, 1.82) is 0 Å². The van der Waals surface area contributed by atoms with E-state index < -0.39 is 0 Å². The van der Waals surface area contributed by atoms with Gasteiger partial charge in [-0.3, -0.25) is 0 Å². The van der Waals surface area contributed by atoms with Gasteiger partial charge in [0.2, 0.25) is 0 Å². The highest BCUT2D eigenvalue weighted by Crippen LogP contribution is 2.14. The first kappa shape index (κ1) is 10.3. The first-order valence-electron chi connectivity index (χ1n) is 4.28. The number of ether oxygens (including phenoxy) is 1. The molecule has 74 valence electrons. The summed E-state index contributed by atoms with van der Waals surface area (Å²) in [6, 6.07) is 7.37. The number of hydrogen-bond donors (Lipinski definition) is 1. The van der Waals surface area contributed by atoms with Crippen molar-refractivity contribution >= 4 is 5.71 Å². The molecule has 0 atom stereocenters. The summed E-state index contributed by atoms with van der Waals surface area (Å²) in [6.07, 6.45) is 2.22. The van der Waals surface area contributed by atoms with Crippen molar-refractivity contribution in [2.24, 2.45) is 5.16 Å². The average Bonchev–Trinajstić information content (AvgIpc) is 2.26. The van der Waals surface area contributed by atoms with E-state index in [0.717, 1.165) is 11.3 Å². The summed E-state index contributed by atoms with van der Waals surface area (Å²) >= 11 is 0. The number of hydrogen-bond acceptors (Lipinski definition) is 3. The van der Waals surface area contributed by atoms with Gasteiger partial charge in [0.15, 0.2) is 0 Å². The van der Waals surface area contributed by atoms with Crippen LogP contribution in [0.4, 0.5) is 0 Å². The van der Waals surface area contributed by atoms with Crippen molar-refractivity contribution in [3.63, 3.8) is 0 Å². The third-order valence-corrected chi connectivity index (χ3v) is 1.86. The van der Waals surface area contributed by atoms with Crippen LogP contribution in [0.25, 0.3) is 0 Å². The molecule has 3 heteroatoms. The zero-order chi connectivity index (χ0) is 10.4. The zero-order valence-electron chi connectivity index (χ0n) is 8.10. The van der Waals surface area contributed by atoms with E-state index in [1.807, 2.05) is 24.3 Å². The second-order valence-corrected chi connectivity index (χ2v) is 2.77. The van der Waals surface area contributed by atoms with Crippen molar-refractivity contribution < 1.29 is 9.94 Å². The lowest BCUT2D eigenvalue weighted by molar-refractivity contribution is 0.318. The number of oxime groups is 1. The second kappa shape index (κ2) is 5.07. The first-order chi connectivity index (χ1) is 6.81. The summed E-state index contributed by atoms with van der Waals surface area (Å²) in [5.41, 5.74) is 1.42. The van der Waals surface area contributed by atoms with Gasteiger partial charge in [-0.25, -0.2) is 0 Å². The summed E-state index contributed by atoms with van der Waals surface area (Å²) in [6.45, 7) is 3.59. The SMILES string of the molecule is C=CCC(=NO)c1cccc(OC)c1. The number of rotatable bonds is 4. The summed E-state index contributed by atoms with van der Waals surface area (Å²) in [5.74, 6) is 0.743. The molecule has 0 saturated heterocycles. The fourth-order valence-corrected chi connectivity index (χ4v) is 1.16. The van der Waals surface area contributed by atoms with Crippen molar-refractivity contribution in [2.45, 2.75) is 6.42 Å². The van der Waals surface area contributed by atoms with Crippen LogP contribution in [0.5, 0.6) is 5.75 Å². The second-order valence-electron chi connectivity index (χ2n) is 2.77. The molecule has 0 spiro atoms. The van der Waals surface area contributed by atoms with Gasteiger partial charge in [0.05, 0.1) is 12.8 Å². The molecule has 3 nitrogen and oxygen atoms in total. The summed E-state index contributed by atoms with van der Waals surface area (Å²) in [7, 11) is 1.60. The molecule has 0 heterocycles. The topological polar surface area (TPSA) is 41.8 Å². The highest BCUT2D eigenvalue weighted by atomic mass is 16.5. The van der Waals surface area contributed by atoms with Crippen molar-refractivity contribution in [2.75, 3.05) is 7.11 Å². The number of benzene rings is 1. The predicted molar refractivity (Wildman–Crippen MR) is 56.1 cm³/mol. The lowest BCUT2D eigenvalue weighted by Crippen LogP contribution is -1.99. The highest BCUT2D eigenvalue weighted by Gasteiger charge is 2.03. The fourth-order valence-electron chi connectivity index (χ4n) is 1.16. The van der Waals surface area contributed by atoms with E-state index in [1.165, 1.54) is 0 Å². The van der Waals surface area contributed by atoms with Crippen LogP contribution in [0.2, 0.25) is 0 Å². The largest absolute Gasteiger partial charge is 0.497 e. The molecule has 0 unspecified atom stereocenters. The highest BCUT2D eigenvalue weighted by molar-refractivity contribution is 6.01. The van der Waals surface area contributed by atoms with Gasteiger partial charge >= 0.3 is 0 Å². The standard InChI is InChI=1S/C11H13NO2/c1-3-5-11(12-13)9-6-4-7-10(8-9)14-2/h3-4,6-8,13H,1,5H2,2H3. The van der Waals surface area contributed by atoms with E-state index in [4.69, 9.17) is 9.94 Å². The van der Waals surface area contributed by atoms with Gasteiger partial charge in [-0.2, -0.15) is 0 Å². The van der Waals surface area contributed by atoms with Gasteiger partial charge in [0.25, 0.3) is 0 Å². The van der Waals surface area contributed by atoms with Crippen LogP contribution in [0.3, 0.4) is 0 Å². The lowest BCUT2D eigenvalue weighted by Gasteiger charge is -2.04. The molecule has 0 aromatic heterocycles.